The van der Waals surface area contributed by atoms with Gasteiger partial charge in [0.15, 0.2) is 0 Å². The molecule has 0 N–H and O–H groups in total. The van der Waals surface area contributed by atoms with Crippen molar-refractivity contribution in [2.45, 2.75) is 44.7 Å². The first-order valence-corrected chi connectivity index (χ1v) is 8.67. The van der Waals surface area contributed by atoms with E-state index in [9.17, 15) is 13.2 Å². The fourth-order valence-corrected chi connectivity index (χ4v) is 4.35. The number of rotatable bonds is 5. The molecule has 1 aromatic carbocycles. The Labute approximate surface area is 126 Å². The van der Waals surface area contributed by atoms with Crippen molar-refractivity contribution in [3.05, 3.63) is 29.8 Å². The lowest BCUT2D eigenvalue weighted by Gasteiger charge is -2.18. The SMILES string of the molecule is CCN(CC)C(=O)C1C(C)N1S(=O)(=O)c1ccc(C)cc1. The van der Waals surface area contributed by atoms with E-state index in [4.69, 9.17) is 0 Å². The highest BCUT2D eigenvalue weighted by molar-refractivity contribution is 7.89. The van der Waals surface area contributed by atoms with Crippen LogP contribution in [0.25, 0.3) is 0 Å². The number of aryl methyl sites for hydroxylation is 1. The summed E-state index contributed by atoms with van der Waals surface area (Å²) in [6.45, 7) is 8.66. The first-order valence-electron chi connectivity index (χ1n) is 7.23. The summed E-state index contributed by atoms with van der Waals surface area (Å²) in [6.07, 6.45) is 0. The lowest BCUT2D eigenvalue weighted by molar-refractivity contribution is -0.130. The number of hydrogen-bond acceptors (Lipinski definition) is 3. The molecule has 0 aromatic heterocycles. The molecule has 3 atom stereocenters. The normalized spacial score (nSPS) is 24.7. The van der Waals surface area contributed by atoms with Crippen LogP contribution in [-0.4, -0.2) is 48.7 Å². The minimum Gasteiger partial charge on any atom is -0.342 e. The van der Waals surface area contributed by atoms with Gasteiger partial charge in [0.05, 0.1) is 4.90 Å². The van der Waals surface area contributed by atoms with E-state index in [1.165, 1.54) is 4.31 Å². The van der Waals surface area contributed by atoms with Crippen molar-refractivity contribution in [3.63, 3.8) is 0 Å². The van der Waals surface area contributed by atoms with E-state index in [1.807, 2.05) is 20.8 Å². The molecule has 1 aromatic rings. The number of carbonyl (C=O) groups excluding carboxylic acids is 1. The second-order valence-corrected chi connectivity index (χ2v) is 7.19. The molecule has 0 saturated carbocycles. The van der Waals surface area contributed by atoms with E-state index < -0.39 is 16.1 Å². The summed E-state index contributed by atoms with van der Waals surface area (Å²) < 4.78 is 26.5. The molecular weight excluding hydrogens is 288 g/mol. The maximum atomic E-state index is 12.6. The van der Waals surface area contributed by atoms with E-state index in [0.29, 0.717) is 13.1 Å². The molecular formula is C15H22N2O3S. The summed E-state index contributed by atoms with van der Waals surface area (Å²) >= 11 is 0. The standard InChI is InChI=1S/C15H22N2O3S/c1-5-16(6-2)15(18)14-12(4)17(14)21(19,20)13-9-7-11(3)8-10-13/h7-10,12,14H,5-6H2,1-4H3. The largest absolute Gasteiger partial charge is 0.342 e. The number of sulfonamides is 1. The third-order valence-corrected chi connectivity index (χ3v) is 5.95. The fourth-order valence-electron chi connectivity index (χ4n) is 2.56. The van der Waals surface area contributed by atoms with Crippen molar-refractivity contribution < 1.29 is 13.2 Å². The molecule has 1 aliphatic rings. The van der Waals surface area contributed by atoms with Gasteiger partial charge in [0, 0.05) is 19.1 Å². The highest BCUT2D eigenvalue weighted by Crippen LogP contribution is 2.36. The molecule has 2 rings (SSSR count). The summed E-state index contributed by atoms with van der Waals surface area (Å²) in [5.41, 5.74) is 1.00. The van der Waals surface area contributed by atoms with Crippen molar-refractivity contribution in [2.75, 3.05) is 13.1 Å². The van der Waals surface area contributed by atoms with Crippen molar-refractivity contribution in [2.24, 2.45) is 0 Å². The Bertz CT molecular complexity index is 621. The van der Waals surface area contributed by atoms with Crippen LogP contribution in [-0.2, 0) is 14.8 Å². The van der Waals surface area contributed by atoms with Crippen LogP contribution in [0, 0.1) is 6.92 Å². The van der Waals surface area contributed by atoms with E-state index in [1.54, 1.807) is 36.1 Å². The van der Waals surface area contributed by atoms with Crippen LogP contribution in [0.4, 0.5) is 0 Å². The number of hydrogen-bond donors (Lipinski definition) is 0. The smallest absolute Gasteiger partial charge is 0.244 e. The zero-order valence-corrected chi connectivity index (χ0v) is 13.7. The average Bonchev–Trinajstić information content (AvgIpc) is 3.13. The molecule has 6 heteroatoms. The highest BCUT2D eigenvalue weighted by Gasteiger charge is 2.57. The highest BCUT2D eigenvalue weighted by atomic mass is 32.2. The van der Waals surface area contributed by atoms with Crippen LogP contribution in [0.2, 0.25) is 0 Å². The molecule has 1 saturated heterocycles. The number of nitrogens with zero attached hydrogens (tertiary/aromatic N) is 2. The second kappa shape index (κ2) is 5.77. The predicted octanol–water partition coefficient (Wildman–Crippen LogP) is 1.62. The van der Waals surface area contributed by atoms with Crippen molar-refractivity contribution in [1.29, 1.82) is 0 Å². The Morgan fingerprint density at radius 2 is 1.71 bits per heavy atom. The third kappa shape index (κ3) is 2.82. The molecule has 1 heterocycles. The molecule has 0 bridgehead atoms. The Kier molecular flexibility index (Phi) is 4.39. The van der Waals surface area contributed by atoms with E-state index in [0.717, 1.165) is 5.56 Å². The van der Waals surface area contributed by atoms with Crippen LogP contribution in [0.5, 0.6) is 0 Å². The molecule has 116 valence electrons. The predicted molar refractivity (Wildman–Crippen MR) is 81.4 cm³/mol. The van der Waals surface area contributed by atoms with Crippen LogP contribution in [0.15, 0.2) is 29.2 Å². The molecule has 0 spiro atoms. The van der Waals surface area contributed by atoms with Gasteiger partial charge in [0.1, 0.15) is 6.04 Å². The van der Waals surface area contributed by atoms with Gasteiger partial charge in [0.2, 0.25) is 15.9 Å². The Balaban J connectivity index is 2.23. The van der Waals surface area contributed by atoms with E-state index in [2.05, 4.69) is 0 Å². The van der Waals surface area contributed by atoms with Gasteiger partial charge in [-0.15, -0.1) is 0 Å². The zero-order valence-electron chi connectivity index (χ0n) is 12.9. The maximum Gasteiger partial charge on any atom is 0.244 e. The number of carbonyl (C=O) groups is 1. The lowest BCUT2D eigenvalue weighted by Crippen LogP contribution is -2.36. The van der Waals surface area contributed by atoms with Crippen LogP contribution >= 0.6 is 0 Å². The third-order valence-electron chi connectivity index (χ3n) is 3.97. The molecule has 1 aliphatic heterocycles. The van der Waals surface area contributed by atoms with Crippen molar-refractivity contribution in [1.82, 2.24) is 9.21 Å². The minimum absolute atomic E-state index is 0.108. The maximum absolute atomic E-state index is 12.6. The van der Waals surface area contributed by atoms with Gasteiger partial charge in [-0.1, -0.05) is 17.7 Å². The van der Waals surface area contributed by atoms with Crippen LogP contribution < -0.4 is 0 Å². The van der Waals surface area contributed by atoms with Gasteiger partial charge in [-0.25, -0.2) is 8.42 Å². The van der Waals surface area contributed by atoms with Crippen molar-refractivity contribution in [3.8, 4) is 0 Å². The molecule has 3 unspecified atom stereocenters. The summed E-state index contributed by atoms with van der Waals surface area (Å²) in [7, 11) is -3.59. The average molecular weight is 310 g/mol. The van der Waals surface area contributed by atoms with E-state index in [-0.39, 0.29) is 16.8 Å². The van der Waals surface area contributed by atoms with Gasteiger partial charge >= 0.3 is 0 Å². The monoisotopic (exact) mass is 310 g/mol. The zero-order chi connectivity index (χ0) is 15.8. The fraction of sp³-hybridized carbons (Fsp3) is 0.533. The molecule has 0 aliphatic carbocycles. The first kappa shape index (κ1) is 16.0. The quantitative estimate of drug-likeness (QED) is 0.777. The molecule has 0 radical (unpaired) electrons. The number of amides is 1. The van der Waals surface area contributed by atoms with Gasteiger partial charge in [-0.05, 0) is 39.8 Å². The molecule has 1 fully saturated rings. The molecule has 5 nitrogen and oxygen atoms in total. The topological polar surface area (TPSA) is 57.5 Å². The van der Waals surface area contributed by atoms with Gasteiger partial charge < -0.3 is 4.90 Å². The summed E-state index contributed by atoms with van der Waals surface area (Å²) in [6, 6.07) is 5.88. The molecule has 1 amide bonds. The lowest BCUT2D eigenvalue weighted by atomic mass is 10.2. The van der Waals surface area contributed by atoms with Crippen LogP contribution in [0.1, 0.15) is 26.3 Å². The minimum atomic E-state index is -3.59. The number of likely N-dealkylation sites (N-methyl/N-ethyl adjacent to an activating group) is 1. The Morgan fingerprint density at radius 3 is 2.19 bits per heavy atom. The van der Waals surface area contributed by atoms with Gasteiger partial charge in [-0.2, -0.15) is 4.31 Å². The summed E-state index contributed by atoms with van der Waals surface area (Å²) in [4.78, 5) is 14.3. The summed E-state index contributed by atoms with van der Waals surface area (Å²) in [5, 5.41) is 0. The van der Waals surface area contributed by atoms with Crippen molar-refractivity contribution >= 4 is 15.9 Å². The molecule has 21 heavy (non-hydrogen) atoms. The number of benzene rings is 1. The van der Waals surface area contributed by atoms with Crippen LogP contribution in [0.3, 0.4) is 0 Å². The van der Waals surface area contributed by atoms with Gasteiger partial charge in [0.25, 0.3) is 0 Å². The first-order chi connectivity index (χ1) is 9.84. The summed E-state index contributed by atoms with van der Waals surface area (Å²) in [5.74, 6) is -0.108. The van der Waals surface area contributed by atoms with E-state index >= 15 is 0 Å². The second-order valence-electron chi connectivity index (χ2n) is 5.34. The van der Waals surface area contributed by atoms with Gasteiger partial charge in [-0.3, -0.25) is 4.79 Å². The Morgan fingerprint density at radius 1 is 1.19 bits per heavy atom. The Hall–Kier alpha value is -1.40.